The highest BCUT2D eigenvalue weighted by atomic mass is 15.1. The van der Waals surface area contributed by atoms with Crippen LogP contribution in [0.5, 0.6) is 0 Å². The summed E-state index contributed by atoms with van der Waals surface area (Å²) < 4.78 is 0. The lowest BCUT2D eigenvalue weighted by atomic mass is 10.2. The van der Waals surface area contributed by atoms with Gasteiger partial charge in [-0.2, -0.15) is 10.2 Å². The van der Waals surface area contributed by atoms with Crippen molar-refractivity contribution < 1.29 is 0 Å². The lowest BCUT2D eigenvalue weighted by Crippen LogP contribution is -2.01. The van der Waals surface area contributed by atoms with Crippen LogP contribution >= 0.6 is 0 Å². The van der Waals surface area contributed by atoms with Crippen LogP contribution in [0.25, 0.3) is 0 Å². The molecule has 0 spiro atoms. The number of benzene rings is 1. The van der Waals surface area contributed by atoms with Crippen molar-refractivity contribution in [2.45, 2.75) is 6.92 Å². The van der Waals surface area contributed by atoms with Gasteiger partial charge >= 0.3 is 0 Å². The molecule has 0 saturated carbocycles. The van der Waals surface area contributed by atoms with Crippen molar-refractivity contribution >= 4 is 17.5 Å². The molecule has 0 aliphatic rings. The van der Waals surface area contributed by atoms with Crippen LogP contribution in [0.3, 0.4) is 0 Å². The van der Waals surface area contributed by atoms with E-state index < -0.39 is 0 Å². The van der Waals surface area contributed by atoms with Crippen LogP contribution in [0.4, 0.5) is 17.5 Å². The molecule has 0 fully saturated rings. The van der Waals surface area contributed by atoms with Crippen LogP contribution in [-0.4, -0.2) is 17.0 Å². The Hall–Kier alpha value is -2.61. The number of aromatic nitrogens is 2. The molecule has 2 rings (SSSR count). The van der Waals surface area contributed by atoms with Crippen molar-refractivity contribution in [3.8, 4) is 6.07 Å². The zero-order chi connectivity index (χ0) is 13.0. The molecule has 2 N–H and O–H groups in total. The topological polar surface area (TPSA) is 73.6 Å². The normalized spacial score (nSPS) is 9.61. The Balaban J connectivity index is 2.28. The Morgan fingerprint density at radius 2 is 2.06 bits per heavy atom. The maximum Gasteiger partial charge on any atom is 0.224 e. The largest absolute Gasteiger partial charge is 0.357 e. The second-order valence-corrected chi connectivity index (χ2v) is 3.79. The Morgan fingerprint density at radius 3 is 2.78 bits per heavy atom. The van der Waals surface area contributed by atoms with E-state index in [1.54, 1.807) is 19.2 Å². The maximum atomic E-state index is 8.84. The monoisotopic (exact) mass is 239 g/mol. The summed E-state index contributed by atoms with van der Waals surface area (Å²) >= 11 is 0. The van der Waals surface area contributed by atoms with Gasteiger partial charge in [-0.1, -0.05) is 6.07 Å². The average molecular weight is 239 g/mol. The fourth-order valence-corrected chi connectivity index (χ4v) is 1.56. The van der Waals surface area contributed by atoms with Crippen molar-refractivity contribution in [2.24, 2.45) is 0 Å². The van der Waals surface area contributed by atoms with Crippen molar-refractivity contribution in [1.82, 2.24) is 9.97 Å². The first-order chi connectivity index (χ1) is 8.71. The molecule has 0 atom stereocenters. The minimum Gasteiger partial charge on any atom is -0.357 e. The molecule has 0 amide bonds. The lowest BCUT2D eigenvalue weighted by molar-refractivity contribution is 1.10. The molecular formula is C13H13N5. The molecule has 1 aromatic heterocycles. The molecule has 5 nitrogen and oxygen atoms in total. The van der Waals surface area contributed by atoms with E-state index in [2.05, 4.69) is 26.7 Å². The number of nitrogens with one attached hydrogen (secondary N) is 2. The van der Waals surface area contributed by atoms with Crippen LogP contribution in [0.2, 0.25) is 0 Å². The van der Waals surface area contributed by atoms with Gasteiger partial charge < -0.3 is 10.6 Å². The summed E-state index contributed by atoms with van der Waals surface area (Å²) in [6.45, 7) is 1.90. The van der Waals surface area contributed by atoms with Gasteiger partial charge in [-0.05, 0) is 25.1 Å². The number of aryl methyl sites for hydroxylation is 1. The van der Waals surface area contributed by atoms with Crippen LogP contribution in [0.15, 0.2) is 30.3 Å². The van der Waals surface area contributed by atoms with E-state index in [1.165, 1.54) is 0 Å². The molecule has 90 valence electrons. The molecule has 1 heterocycles. The number of nitrogens with zero attached hydrogens (tertiary/aromatic N) is 3. The first-order valence-corrected chi connectivity index (χ1v) is 5.52. The molecule has 0 radical (unpaired) electrons. The smallest absolute Gasteiger partial charge is 0.224 e. The number of hydrogen-bond donors (Lipinski definition) is 2. The summed E-state index contributed by atoms with van der Waals surface area (Å²) in [5.74, 6) is 1.26. The van der Waals surface area contributed by atoms with Gasteiger partial charge in [-0.3, -0.25) is 0 Å². The first kappa shape index (κ1) is 11.9. The fourth-order valence-electron chi connectivity index (χ4n) is 1.56. The van der Waals surface area contributed by atoms with Gasteiger partial charge in [0.25, 0.3) is 0 Å². The highest BCUT2D eigenvalue weighted by molar-refractivity contribution is 5.59. The summed E-state index contributed by atoms with van der Waals surface area (Å²) in [5, 5.41) is 14.9. The van der Waals surface area contributed by atoms with Crippen molar-refractivity contribution in [2.75, 3.05) is 17.7 Å². The minimum absolute atomic E-state index is 0.564. The van der Waals surface area contributed by atoms with Gasteiger partial charge in [0.2, 0.25) is 5.95 Å². The summed E-state index contributed by atoms with van der Waals surface area (Å²) in [4.78, 5) is 8.50. The van der Waals surface area contributed by atoms with E-state index in [0.29, 0.717) is 17.3 Å². The maximum absolute atomic E-state index is 8.84. The predicted octanol–water partition coefficient (Wildman–Crippen LogP) is 2.44. The Labute approximate surface area is 106 Å². The van der Waals surface area contributed by atoms with Crippen molar-refractivity contribution in [3.05, 3.63) is 41.6 Å². The van der Waals surface area contributed by atoms with Gasteiger partial charge in [0.05, 0.1) is 11.6 Å². The van der Waals surface area contributed by atoms with Crippen molar-refractivity contribution in [1.29, 1.82) is 5.26 Å². The second kappa shape index (κ2) is 5.15. The molecule has 0 aliphatic heterocycles. The van der Waals surface area contributed by atoms with E-state index in [0.717, 1.165) is 11.4 Å². The third kappa shape index (κ3) is 2.74. The van der Waals surface area contributed by atoms with Gasteiger partial charge in [0, 0.05) is 24.5 Å². The molecule has 0 aliphatic carbocycles. The third-order valence-electron chi connectivity index (χ3n) is 2.34. The van der Waals surface area contributed by atoms with Crippen LogP contribution in [-0.2, 0) is 0 Å². The van der Waals surface area contributed by atoms with Gasteiger partial charge in [-0.25, -0.2) is 4.98 Å². The Morgan fingerprint density at radius 1 is 1.22 bits per heavy atom. The van der Waals surface area contributed by atoms with Gasteiger partial charge in [0.15, 0.2) is 0 Å². The Bertz CT molecular complexity index is 601. The first-order valence-electron chi connectivity index (χ1n) is 5.52. The standard InChI is InChI=1S/C13H13N5/c1-9-6-12(18-13(15-2)16-9)17-11-5-3-4-10(7-11)8-14/h3-7H,1-2H3,(H2,15,16,17,18). The summed E-state index contributed by atoms with van der Waals surface area (Å²) in [5.41, 5.74) is 2.31. The predicted molar refractivity (Wildman–Crippen MR) is 70.8 cm³/mol. The van der Waals surface area contributed by atoms with E-state index in [4.69, 9.17) is 5.26 Å². The van der Waals surface area contributed by atoms with E-state index in [-0.39, 0.29) is 0 Å². The fraction of sp³-hybridized carbons (Fsp3) is 0.154. The van der Waals surface area contributed by atoms with Crippen LogP contribution in [0.1, 0.15) is 11.3 Å². The van der Waals surface area contributed by atoms with Gasteiger partial charge in [0.1, 0.15) is 5.82 Å². The molecule has 1 aromatic carbocycles. The number of anilines is 3. The summed E-state index contributed by atoms with van der Waals surface area (Å²) in [6, 6.07) is 11.2. The quantitative estimate of drug-likeness (QED) is 0.860. The number of rotatable bonds is 3. The number of hydrogen-bond acceptors (Lipinski definition) is 5. The molecule has 0 unspecified atom stereocenters. The average Bonchev–Trinajstić information content (AvgIpc) is 2.38. The zero-order valence-corrected chi connectivity index (χ0v) is 10.2. The number of nitriles is 1. The molecule has 0 saturated heterocycles. The molecule has 5 heteroatoms. The summed E-state index contributed by atoms with van der Waals surface area (Å²) in [7, 11) is 1.77. The van der Waals surface area contributed by atoms with E-state index >= 15 is 0 Å². The lowest BCUT2D eigenvalue weighted by Gasteiger charge is -2.08. The van der Waals surface area contributed by atoms with Crippen molar-refractivity contribution in [3.63, 3.8) is 0 Å². The van der Waals surface area contributed by atoms with E-state index in [9.17, 15) is 0 Å². The van der Waals surface area contributed by atoms with Gasteiger partial charge in [-0.15, -0.1) is 0 Å². The SMILES string of the molecule is CNc1nc(C)cc(Nc2cccc(C#N)c2)n1. The molecule has 2 aromatic rings. The second-order valence-electron chi connectivity index (χ2n) is 3.79. The molecule has 0 bridgehead atoms. The highest BCUT2D eigenvalue weighted by Gasteiger charge is 2.01. The molecule has 18 heavy (non-hydrogen) atoms. The Kier molecular flexibility index (Phi) is 3.39. The highest BCUT2D eigenvalue weighted by Crippen LogP contribution is 2.17. The minimum atomic E-state index is 0.564. The van der Waals surface area contributed by atoms with Crippen LogP contribution in [0, 0.1) is 18.3 Å². The summed E-state index contributed by atoms with van der Waals surface area (Å²) in [6.07, 6.45) is 0. The van der Waals surface area contributed by atoms with E-state index in [1.807, 2.05) is 25.1 Å². The zero-order valence-electron chi connectivity index (χ0n) is 10.2. The van der Waals surface area contributed by atoms with Crippen LogP contribution < -0.4 is 10.6 Å². The molecular weight excluding hydrogens is 226 g/mol. The third-order valence-corrected chi connectivity index (χ3v) is 2.34.